The van der Waals surface area contributed by atoms with Crippen molar-refractivity contribution in [1.82, 2.24) is 15.8 Å². The van der Waals surface area contributed by atoms with Crippen LogP contribution in [0.2, 0.25) is 0 Å². The fourth-order valence-electron chi connectivity index (χ4n) is 2.39. The summed E-state index contributed by atoms with van der Waals surface area (Å²) in [7, 11) is 1.63. The number of hydrogen-bond acceptors (Lipinski definition) is 4. The third-order valence-electron chi connectivity index (χ3n) is 3.53. The minimum atomic E-state index is -0.204. The minimum Gasteiger partial charge on any atom is -0.383 e. The molecular weight excluding hydrogens is 230 g/mol. The van der Waals surface area contributed by atoms with Crippen LogP contribution < -0.4 is 10.7 Å². The van der Waals surface area contributed by atoms with Gasteiger partial charge in [-0.15, -0.1) is 0 Å². The summed E-state index contributed by atoms with van der Waals surface area (Å²) in [5.74, 6) is 0.0250. The van der Waals surface area contributed by atoms with E-state index in [1.165, 1.54) is 19.3 Å². The Balaban J connectivity index is 2.37. The van der Waals surface area contributed by atoms with Crippen LogP contribution in [0.4, 0.5) is 0 Å². The first-order valence-corrected chi connectivity index (χ1v) is 6.87. The number of hydrogen-bond donors (Lipinski definition) is 2. The molecule has 1 amide bonds. The van der Waals surface area contributed by atoms with E-state index in [1.807, 2.05) is 6.92 Å². The van der Waals surface area contributed by atoms with Crippen LogP contribution in [-0.4, -0.2) is 49.3 Å². The maximum atomic E-state index is 11.8. The zero-order chi connectivity index (χ0) is 13.5. The molecule has 18 heavy (non-hydrogen) atoms. The van der Waals surface area contributed by atoms with Gasteiger partial charge in [-0.25, -0.2) is 10.4 Å². The number of nitrogens with one attached hydrogen (secondary N) is 2. The van der Waals surface area contributed by atoms with Crippen molar-refractivity contribution in [3.05, 3.63) is 0 Å². The molecule has 1 fully saturated rings. The van der Waals surface area contributed by atoms with Crippen LogP contribution in [0.25, 0.3) is 0 Å². The molecule has 2 N–H and O–H groups in total. The maximum Gasteiger partial charge on any atom is 0.238 e. The lowest BCUT2D eigenvalue weighted by Gasteiger charge is -2.40. The normalized spacial score (nSPS) is 26.9. The first-order valence-electron chi connectivity index (χ1n) is 6.87. The fourth-order valence-corrected chi connectivity index (χ4v) is 2.39. The van der Waals surface area contributed by atoms with Gasteiger partial charge in [0, 0.05) is 25.7 Å². The van der Waals surface area contributed by atoms with E-state index in [0.29, 0.717) is 25.2 Å². The van der Waals surface area contributed by atoms with Crippen LogP contribution in [0.15, 0.2) is 0 Å². The van der Waals surface area contributed by atoms with Gasteiger partial charge in [0.25, 0.3) is 0 Å². The van der Waals surface area contributed by atoms with Gasteiger partial charge in [0.2, 0.25) is 5.91 Å². The van der Waals surface area contributed by atoms with Gasteiger partial charge in [-0.2, -0.15) is 0 Å². The molecule has 0 aromatic heterocycles. The molecule has 5 nitrogen and oxygen atoms in total. The predicted molar refractivity (Wildman–Crippen MR) is 72.1 cm³/mol. The smallest absolute Gasteiger partial charge is 0.238 e. The molecular formula is C13H27N3O2. The van der Waals surface area contributed by atoms with Gasteiger partial charge in [0.15, 0.2) is 0 Å². The van der Waals surface area contributed by atoms with Crippen LogP contribution in [0, 0.1) is 0 Å². The lowest BCUT2D eigenvalue weighted by atomic mass is 10.00. The Morgan fingerprint density at radius 2 is 2.00 bits per heavy atom. The first-order chi connectivity index (χ1) is 8.56. The Hall–Kier alpha value is -0.650. The lowest BCUT2D eigenvalue weighted by Crippen LogP contribution is -2.58. The molecule has 1 saturated heterocycles. The highest BCUT2D eigenvalue weighted by Gasteiger charge is 2.27. The van der Waals surface area contributed by atoms with Gasteiger partial charge in [0.1, 0.15) is 0 Å². The number of methoxy groups -OCH3 is 1. The molecule has 0 spiro atoms. The molecule has 0 bridgehead atoms. The number of hydrazine groups is 1. The summed E-state index contributed by atoms with van der Waals surface area (Å²) in [5.41, 5.74) is 3.33. The quantitative estimate of drug-likeness (QED) is 0.694. The van der Waals surface area contributed by atoms with Crippen molar-refractivity contribution >= 4 is 5.91 Å². The highest BCUT2D eigenvalue weighted by Crippen LogP contribution is 2.20. The van der Waals surface area contributed by atoms with Gasteiger partial charge in [-0.05, 0) is 33.6 Å². The fraction of sp³-hybridized carbons (Fsp3) is 0.923. The number of rotatable bonds is 6. The highest BCUT2D eigenvalue weighted by molar-refractivity contribution is 5.81. The number of carbonyl (C=O) groups excluding carboxylic acids is 1. The summed E-state index contributed by atoms with van der Waals surface area (Å²) in [4.78, 5) is 11.8. The summed E-state index contributed by atoms with van der Waals surface area (Å²) in [5, 5.41) is 5.08. The average Bonchev–Trinajstić information content (AvgIpc) is 2.34. The van der Waals surface area contributed by atoms with Crippen molar-refractivity contribution < 1.29 is 9.53 Å². The average molecular weight is 257 g/mol. The van der Waals surface area contributed by atoms with E-state index in [9.17, 15) is 4.79 Å². The van der Waals surface area contributed by atoms with E-state index >= 15 is 0 Å². The molecule has 5 heteroatoms. The molecule has 3 atom stereocenters. The summed E-state index contributed by atoms with van der Waals surface area (Å²) < 4.78 is 4.91. The predicted octanol–water partition coefficient (Wildman–Crippen LogP) is 0.905. The number of carbonyl (C=O) groups is 1. The first kappa shape index (κ1) is 15.4. The number of ether oxygens (including phenoxy) is 1. The summed E-state index contributed by atoms with van der Waals surface area (Å²) in [6, 6.07) is 0.774. The molecule has 3 unspecified atom stereocenters. The Morgan fingerprint density at radius 1 is 1.39 bits per heavy atom. The molecule has 0 aromatic carbocycles. The van der Waals surface area contributed by atoms with Crippen molar-refractivity contribution in [3.63, 3.8) is 0 Å². The van der Waals surface area contributed by atoms with Crippen LogP contribution in [0.3, 0.4) is 0 Å². The third kappa shape index (κ3) is 4.55. The standard InChI is InChI=1S/C13H27N3O2/c1-10-6-5-7-11(2)16(10)15-12(3)13(17)14-8-9-18-4/h10-12,15H,5-9H2,1-4H3,(H,14,17). The van der Waals surface area contributed by atoms with E-state index in [-0.39, 0.29) is 11.9 Å². The Labute approximate surface area is 110 Å². The number of piperidine rings is 1. The van der Waals surface area contributed by atoms with E-state index in [2.05, 4.69) is 29.6 Å². The third-order valence-corrected chi connectivity index (χ3v) is 3.53. The maximum absolute atomic E-state index is 11.8. The number of amides is 1. The van der Waals surface area contributed by atoms with Gasteiger partial charge in [0.05, 0.1) is 12.6 Å². The van der Waals surface area contributed by atoms with Crippen molar-refractivity contribution in [2.75, 3.05) is 20.3 Å². The molecule has 0 aromatic rings. The van der Waals surface area contributed by atoms with Gasteiger partial charge >= 0.3 is 0 Å². The molecule has 1 aliphatic heterocycles. The Kier molecular flexibility index (Phi) is 6.60. The molecule has 0 aliphatic carbocycles. The molecule has 106 valence electrons. The van der Waals surface area contributed by atoms with Crippen molar-refractivity contribution in [1.29, 1.82) is 0 Å². The SMILES string of the molecule is COCCNC(=O)C(C)NN1C(C)CCCC1C. The second-order valence-electron chi connectivity index (χ2n) is 5.17. The van der Waals surface area contributed by atoms with Crippen LogP contribution >= 0.6 is 0 Å². The highest BCUT2D eigenvalue weighted by atomic mass is 16.5. The molecule has 0 saturated carbocycles. The molecule has 1 rings (SSSR count). The van der Waals surface area contributed by atoms with Gasteiger partial charge < -0.3 is 10.1 Å². The molecule has 1 heterocycles. The summed E-state index contributed by atoms with van der Waals surface area (Å²) >= 11 is 0. The Morgan fingerprint density at radius 3 is 2.56 bits per heavy atom. The van der Waals surface area contributed by atoms with Gasteiger partial charge in [-0.3, -0.25) is 4.79 Å². The lowest BCUT2D eigenvalue weighted by molar-refractivity contribution is -0.125. The second kappa shape index (κ2) is 7.71. The topological polar surface area (TPSA) is 53.6 Å². The minimum absolute atomic E-state index is 0.0250. The largest absolute Gasteiger partial charge is 0.383 e. The molecule has 0 radical (unpaired) electrons. The monoisotopic (exact) mass is 257 g/mol. The zero-order valence-corrected chi connectivity index (χ0v) is 12.0. The molecule has 1 aliphatic rings. The summed E-state index contributed by atoms with van der Waals surface area (Å²) in [6.45, 7) is 7.42. The van der Waals surface area contributed by atoms with E-state index in [0.717, 1.165) is 0 Å². The van der Waals surface area contributed by atoms with Crippen molar-refractivity contribution in [2.45, 2.75) is 58.2 Å². The van der Waals surface area contributed by atoms with Crippen molar-refractivity contribution in [2.24, 2.45) is 0 Å². The second-order valence-corrected chi connectivity index (χ2v) is 5.17. The van der Waals surface area contributed by atoms with E-state index in [4.69, 9.17) is 4.74 Å². The summed E-state index contributed by atoms with van der Waals surface area (Å²) in [6.07, 6.45) is 3.65. The van der Waals surface area contributed by atoms with E-state index in [1.54, 1.807) is 7.11 Å². The van der Waals surface area contributed by atoms with Crippen molar-refractivity contribution in [3.8, 4) is 0 Å². The number of nitrogens with zero attached hydrogens (tertiary/aromatic N) is 1. The van der Waals surface area contributed by atoms with Gasteiger partial charge in [-0.1, -0.05) is 6.42 Å². The Bertz CT molecular complexity index is 251. The van der Waals surface area contributed by atoms with E-state index < -0.39 is 0 Å². The van der Waals surface area contributed by atoms with Crippen LogP contribution in [-0.2, 0) is 9.53 Å². The van der Waals surface area contributed by atoms with Crippen LogP contribution in [0.1, 0.15) is 40.0 Å². The van der Waals surface area contributed by atoms with Crippen LogP contribution in [0.5, 0.6) is 0 Å². The zero-order valence-electron chi connectivity index (χ0n) is 12.0.